The van der Waals surface area contributed by atoms with E-state index in [1.807, 2.05) is 11.9 Å². The van der Waals surface area contributed by atoms with Crippen LogP contribution in [0.15, 0.2) is 5.16 Å². The van der Waals surface area contributed by atoms with Gasteiger partial charge in [-0.15, -0.1) is 0 Å². The third-order valence-corrected chi connectivity index (χ3v) is 5.29. The highest BCUT2D eigenvalue weighted by molar-refractivity contribution is 6.07. The zero-order chi connectivity index (χ0) is 14.9. The van der Waals surface area contributed by atoms with E-state index < -0.39 is 5.41 Å². The molecule has 5 nitrogen and oxygen atoms in total. The van der Waals surface area contributed by atoms with Crippen molar-refractivity contribution in [3.8, 4) is 0 Å². The molecule has 2 rings (SSSR count). The Bertz CT molecular complexity index is 402. The summed E-state index contributed by atoms with van der Waals surface area (Å²) in [6.07, 6.45) is 6.04. The quantitative estimate of drug-likeness (QED) is 0.360. The number of nitrogens with zero attached hydrogens (tertiary/aromatic N) is 2. The third-order valence-electron chi connectivity index (χ3n) is 5.29. The predicted octanol–water partition coefficient (Wildman–Crippen LogP) is 2.19. The minimum atomic E-state index is -0.764. The Kier molecular flexibility index (Phi) is 4.25. The van der Waals surface area contributed by atoms with E-state index in [1.54, 1.807) is 0 Å². The normalized spacial score (nSPS) is 38.1. The van der Waals surface area contributed by atoms with Crippen LogP contribution in [0.1, 0.15) is 52.4 Å². The molecule has 0 spiro atoms. The molecule has 0 radical (unpaired) electrons. The molecule has 0 aromatic carbocycles. The fourth-order valence-corrected chi connectivity index (χ4v) is 4.08. The first-order valence-corrected chi connectivity index (χ1v) is 7.67. The van der Waals surface area contributed by atoms with Crippen LogP contribution in [0, 0.1) is 17.3 Å². The zero-order valence-corrected chi connectivity index (χ0v) is 12.8. The lowest BCUT2D eigenvalue weighted by Gasteiger charge is -2.48. The Morgan fingerprint density at radius 2 is 1.90 bits per heavy atom. The number of carbonyl (C=O) groups excluding carboxylic acids is 1. The fourth-order valence-electron chi connectivity index (χ4n) is 4.08. The minimum absolute atomic E-state index is 0.0321. The molecule has 2 aliphatic carbocycles. The van der Waals surface area contributed by atoms with Crippen molar-refractivity contribution in [3.63, 3.8) is 0 Å². The van der Waals surface area contributed by atoms with Gasteiger partial charge in [-0.3, -0.25) is 4.79 Å². The molecular weight excluding hydrogens is 254 g/mol. The molecule has 114 valence electrons. The molecule has 0 saturated heterocycles. The van der Waals surface area contributed by atoms with Crippen molar-refractivity contribution in [1.82, 2.24) is 4.90 Å². The number of amides is 1. The summed E-state index contributed by atoms with van der Waals surface area (Å²) in [5.41, 5.74) is 5.07. The second-order valence-electron chi connectivity index (χ2n) is 6.83. The van der Waals surface area contributed by atoms with E-state index in [-0.39, 0.29) is 17.8 Å². The Morgan fingerprint density at radius 1 is 1.30 bits per heavy atom. The van der Waals surface area contributed by atoms with Crippen LogP contribution in [0.2, 0.25) is 0 Å². The van der Waals surface area contributed by atoms with Crippen LogP contribution in [0.3, 0.4) is 0 Å². The summed E-state index contributed by atoms with van der Waals surface area (Å²) in [5, 5.41) is 12.1. The van der Waals surface area contributed by atoms with Gasteiger partial charge >= 0.3 is 0 Å². The van der Waals surface area contributed by atoms with Crippen LogP contribution < -0.4 is 5.73 Å². The van der Waals surface area contributed by atoms with Gasteiger partial charge in [-0.2, -0.15) is 0 Å². The van der Waals surface area contributed by atoms with Crippen LogP contribution >= 0.6 is 0 Å². The zero-order valence-electron chi connectivity index (χ0n) is 12.8. The van der Waals surface area contributed by atoms with Crippen molar-refractivity contribution in [1.29, 1.82) is 0 Å². The molecule has 0 aromatic heterocycles. The average molecular weight is 281 g/mol. The number of rotatable bonds is 3. The maximum atomic E-state index is 12.9. The van der Waals surface area contributed by atoms with E-state index in [4.69, 9.17) is 10.9 Å². The highest BCUT2D eigenvalue weighted by Gasteiger charge is 2.54. The van der Waals surface area contributed by atoms with E-state index in [0.29, 0.717) is 24.7 Å². The van der Waals surface area contributed by atoms with Crippen molar-refractivity contribution in [2.75, 3.05) is 7.05 Å². The highest BCUT2D eigenvalue weighted by atomic mass is 16.4. The van der Waals surface area contributed by atoms with Crippen LogP contribution in [0.25, 0.3) is 0 Å². The maximum Gasteiger partial charge on any atom is 0.236 e. The van der Waals surface area contributed by atoms with Crippen molar-refractivity contribution in [2.45, 2.75) is 58.4 Å². The summed E-state index contributed by atoms with van der Waals surface area (Å²) in [7, 11) is 1.88. The molecule has 2 unspecified atom stereocenters. The number of hydrogen-bond acceptors (Lipinski definition) is 3. The molecule has 20 heavy (non-hydrogen) atoms. The third kappa shape index (κ3) is 2.38. The molecule has 2 saturated carbocycles. The summed E-state index contributed by atoms with van der Waals surface area (Å²) < 4.78 is 0. The summed E-state index contributed by atoms with van der Waals surface area (Å²) in [5.74, 6) is 1.09. The van der Waals surface area contributed by atoms with Gasteiger partial charge in [0.1, 0.15) is 5.41 Å². The first-order valence-electron chi connectivity index (χ1n) is 7.67. The number of hydrogen-bond donors (Lipinski definition) is 2. The topological polar surface area (TPSA) is 78.9 Å². The molecular formula is C15H27N3O2. The molecule has 2 aliphatic rings. The smallest absolute Gasteiger partial charge is 0.236 e. The maximum absolute atomic E-state index is 12.9. The SMILES string of the molecule is CC1CC(C(=O)N(C)C2CCCCC2C)(C(N)=NO)C1. The lowest BCUT2D eigenvalue weighted by molar-refractivity contribution is -0.146. The number of carbonyl (C=O) groups is 1. The first kappa shape index (κ1) is 15.1. The Labute approximate surface area is 121 Å². The van der Waals surface area contributed by atoms with Crippen LogP contribution in [-0.2, 0) is 4.79 Å². The molecule has 0 bridgehead atoms. The van der Waals surface area contributed by atoms with Crippen LogP contribution in [0.5, 0.6) is 0 Å². The van der Waals surface area contributed by atoms with Gasteiger partial charge in [0.25, 0.3) is 0 Å². The van der Waals surface area contributed by atoms with Gasteiger partial charge in [-0.1, -0.05) is 31.8 Å². The van der Waals surface area contributed by atoms with Gasteiger partial charge in [0.15, 0.2) is 5.84 Å². The standard InChI is InChI=1S/C15H27N3O2/c1-10-8-15(9-10,13(16)17-20)14(19)18(3)12-7-5-4-6-11(12)2/h10-12,20H,4-9H2,1-3H3,(H2,16,17). The van der Waals surface area contributed by atoms with Crippen molar-refractivity contribution in [2.24, 2.45) is 28.1 Å². The molecule has 0 aromatic rings. The summed E-state index contributed by atoms with van der Waals surface area (Å²) in [6, 6.07) is 0.288. The molecule has 0 aliphatic heterocycles. The molecule has 1 amide bonds. The van der Waals surface area contributed by atoms with E-state index in [9.17, 15) is 4.79 Å². The van der Waals surface area contributed by atoms with Crippen molar-refractivity contribution >= 4 is 11.7 Å². The van der Waals surface area contributed by atoms with Crippen molar-refractivity contribution in [3.05, 3.63) is 0 Å². The summed E-state index contributed by atoms with van der Waals surface area (Å²) in [6.45, 7) is 4.31. The lowest BCUT2D eigenvalue weighted by Crippen LogP contribution is -2.59. The van der Waals surface area contributed by atoms with E-state index in [1.165, 1.54) is 19.3 Å². The highest BCUT2D eigenvalue weighted by Crippen LogP contribution is 2.47. The van der Waals surface area contributed by atoms with Gasteiger partial charge in [0, 0.05) is 13.1 Å². The molecule has 2 fully saturated rings. The number of oxime groups is 1. The summed E-state index contributed by atoms with van der Waals surface area (Å²) >= 11 is 0. The molecule has 3 N–H and O–H groups in total. The minimum Gasteiger partial charge on any atom is -0.409 e. The van der Waals surface area contributed by atoms with Crippen molar-refractivity contribution < 1.29 is 10.0 Å². The average Bonchev–Trinajstić information content (AvgIpc) is 2.41. The predicted molar refractivity (Wildman–Crippen MR) is 78.4 cm³/mol. The number of amidine groups is 1. The van der Waals surface area contributed by atoms with Gasteiger partial charge < -0.3 is 15.8 Å². The molecule has 2 atom stereocenters. The Balaban J connectivity index is 2.16. The first-order chi connectivity index (χ1) is 9.42. The second-order valence-corrected chi connectivity index (χ2v) is 6.83. The fraction of sp³-hybridized carbons (Fsp3) is 0.867. The Hall–Kier alpha value is -1.26. The van der Waals surface area contributed by atoms with E-state index in [0.717, 1.165) is 6.42 Å². The Morgan fingerprint density at radius 3 is 2.40 bits per heavy atom. The van der Waals surface area contributed by atoms with Gasteiger partial charge in [-0.25, -0.2) is 0 Å². The molecule has 0 heterocycles. The van der Waals surface area contributed by atoms with Crippen LogP contribution in [-0.4, -0.2) is 34.9 Å². The number of nitrogens with two attached hydrogens (primary N) is 1. The largest absolute Gasteiger partial charge is 0.409 e. The monoisotopic (exact) mass is 281 g/mol. The lowest BCUT2D eigenvalue weighted by atomic mass is 9.60. The van der Waals surface area contributed by atoms with Gasteiger partial charge in [0.05, 0.1) is 0 Å². The van der Waals surface area contributed by atoms with Gasteiger partial charge in [0.2, 0.25) is 5.91 Å². The van der Waals surface area contributed by atoms with E-state index >= 15 is 0 Å². The molecule has 5 heteroatoms. The van der Waals surface area contributed by atoms with E-state index in [2.05, 4.69) is 19.0 Å². The van der Waals surface area contributed by atoms with Crippen LogP contribution in [0.4, 0.5) is 0 Å². The summed E-state index contributed by atoms with van der Waals surface area (Å²) in [4.78, 5) is 14.8. The van der Waals surface area contributed by atoms with Gasteiger partial charge in [-0.05, 0) is 37.5 Å². The second kappa shape index (κ2) is 5.62.